The van der Waals surface area contributed by atoms with Gasteiger partial charge in [0.25, 0.3) is 0 Å². The normalized spacial score (nSPS) is 11.3. The number of imidazole rings is 1. The molecule has 1 aromatic carbocycles. The quantitative estimate of drug-likeness (QED) is 0.547. The number of hydrogen-bond donors (Lipinski definition) is 1. The van der Waals surface area contributed by atoms with Crippen molar-refractivity contribution in [2.45, 2.75) is 24.8 Å². The third kappa shape index (κ3) is 3.12. The number of halogens is 1. The fraction of sp³-hybridized carbons (Fsp3) is 0.176. The van der Waals surface area contributed by atoms with Gasteiger partial charge in [0.1, 0.15) is 5.52 Å². The Labute approximate surface area is 153 Å². The van der Waals surface area contributed by atoms with E-state index in [2.05, 4.69) is 25.3 Å². The molecular formula is C17H15ClN6S. The van der Waals surface area contributed by atoms with Crippen LogP contribution in [0.1, 0.15) is 17.0 Å². The molecule has 0 amide bonds. The predicted octanol–water partition coefficient (Wildman–Crippen LogP) is 4.10. The first-order valence-electron chi connectivity index (χ1n) is 7.73. The largest absolute Gasteiger partial charge is 0.331 e. The summed E-state index contributed by atoms with van der Waals surface area (Å²) >= 11 is 7.81. The SMILES string of the molecule is Cc1cc(C)n(-c2nncc3[nH]c(SCc4ccccc4Cl)nc23)n1. The number of nitrogens with one attached hydrogen (secondary N) is 1. The molecular weight excluding hydrogens is 356 g/mol. The van der Waals surface area contributed by atoms with Crippen LogP contribution in [0.4, 0.5) is 0 Å². The second kappa shape index (κ2) is 6.50. The van der Waals surface area contributed by atoms with Gasteiger partial charge in [-0.25, -0.2) is 9.67 Å². The van der Waals surface area contributed by atoms with E-state index in [4.69, 9.17) is 11.6 Å². The van der Waals surface area contributed by atoms with Crippen molar-refractivity contribution in [1.29, 1.82) is 0 Å². The molecule has 126 valence electrons. The van der Waals surface area contributed by atoms with Crippen LogP contribution in [0.2, 0.25) is 5.02 Å². The van der Waals surface area contributed by atoms with Gasteiger partial charge in [0.05, 0.1) is 17.4 Å². The van der Waals surface area contributed by atoms with Crippen LogP contribution in [0.5, 0.6) is 0 Å². The van der Waals surface area contributed by atoms with Gasteiger partial charge in [0, 0.05) is 16.5 Å². The summed E-state index contributed by atoms with van der Waals surface area (Å²) in [5.41, 5.74) is 4.58. The van der Waals surface area contributed by atoms with E-state index in [0.29, 0.717) is 5.82 Å². The molecule has 0 aliphatic rings. The second-order valence-electron chi connectivity index (χ2n) is 5.69. The first kappa shape index (κ1) is 16.1. The molecule has 0 saturated heterocycles. The Bertz CT molecular complexity index is 1050. The molecule has 1 N–H and O–H groups in total. The smallest absolute Gasteiger partial charge is 0.204 e. The Morgan fingerprint density at radius 3 is 2.84 bits per heavy atom. The molecule has 25 heavy (non-hydrogen) atoms. The minimum Gasteiger partial charge on any atom is -0.331 e. The molecule has 3 aromatic heterocycles. The highest BCUT2D eigenvalue weighted by molar-refractivity contribution is 7.98. The van der Waals surface area contributed by atoms with Crippen LogP contribution in [0.15, 0.2) is 41.7 Å². The van der Waals surface area contributed by atoms with Gasteiger partial charge in [-0.1, -0.05) is 41.6 Å². The van der Waals surface area contributed by atoms with Crippen molar-refractivity contribution in [2.75, 3.05) is 0 Å². The molecule has 0 aliphatic carbocycles. The summed E-state index contributed by atoms with van der Waals surface area (Å²) in [5, 5.41) is 14.3. The van der Waals surface area contributed by atoms with Crippen LogP contribution in [-0.4, -0.2) is 29.9 Å². The zero-order chi connectivity index (χ0) is 17.4. The van der Waals surface area contributed by atoms with Crippen molar-refractivity contribution in [3.05, 3.63) is 58.5 Å². The molecule has 4 rings (SSSR count). The number of aryl methyl sites for hydroxylation is 2. The average Bonchev–Trinajstić information content (AvgIpc) is 3.16. The van der Waals surface area contributed by atoms with E-state index in [1.807, 2.05) is 44.2 Å². The summed E-state index contributed by atoms with van der Waals surface area (Å²) in [6, 6.07) is 9.82. The van der Waals surface area contributed by atoms with Gasteiger partial charge in [0.15, 0.2) is 5.16 Å². The van der Waals surface area contributed by atoms with Gasteiger partial charge >= 0.3 is 0 Å². The number of benzene rings is 1. The van der Waals surface area contributed by atoms with Crippen molar-refractivity contribution in [1.82, 2.24) is 29.9 Å². The first-order chi connectivity index (χ1) is 12.1. The Kier molecular flexibility index (Phi) is 4.19. The van der Waals surface area contributed by atoms with Gasteiger partial charge in [-0.15, -0.1) is 5.10 Å². The van der Waals surface area contributed by atoms with Gasteiger partial charge in [-0.3, -0.25) is 0 Å². The second-order valence-corrected chi connectivity index (χ2v) is 7.06. The van der Waals surface area contributed by atoms with Crippen LogP contribution in [0.3, 0.4) is 0 Å². The van der Waals surface area contributed by atoms with Crippen LogP contribution in [-0.2, 0) is 5.75 Å². The Balaban J connectivity index is 1.68. The highest BCUT2D eigenvalue weighted by Gasteiger charge is 2.14. The molecule has 8 heteroatoms. The summed E-state index contributed by atoms with van der Waals surface area (Å²) in [6.07, 6.45) is 1.68. The van der Waals surface area contributed by atoms with Gasteiger partial charge < -0.3 is 4.98 Å². The lowest BCUT2D eigenvalue weighted by molar-refractivity contribution is 0.789. The molecule has 4 aromatic rings. The van der Waals surface area contributed by atoms with Gasteiger partial charge in [-0.2, -0.15) is 10.2 Å². The van der Waals surface area contributed by atoms with E-state index >= 15 is 0 Å². The molecule has 0 unspecified atom stereocenters. The molecule has 0 bridgehead atoms. The number of rotatable bonds is 4. The standard InChI is InChI=1S/C17H15ClN6S/c1-10-7-11(2)24(23-10)16-15-14(8-19-22-16)20-17(21-15)25-9-12-5-3-4-6-13(12)18/h3-8H,9H2,1-2H3,(H,20,21). The number of hydrogen-bond acceptors (Lipinski definition) is 5. The molecule has 0 atom stereocenters. The van der Waals surface area contributed by atoms with Crippen LogP contribution < -0.4 is 0 Å². The monoisotopic (exact) mass is 370 g/mol. The molecule has 3 heterocycles. The maximum absolute atomic E-state index is 6.22. The zero-order valence-corrected chi connectivity index (χ0v) is 15.3. The predicted molar refractivity (Wildman–Crippen MR) is 99.3 cm³/mol. The number of aromatic amines is 1. The minimum absolute atomic E-state index is 0.629. The minimum atomic E-state index is 0.629. The first-order valence-corrected chi connectivity index (χ1v) is 9.09. The lowest BCUT2D eigenvalue weighted by atomic mass is 10.2. The number of fused-ring (bicyclic) bond motifs is 1. The fourth-order valence-electron chi connectivity index (χ4n) is 2.63. The summed E-state index contributed by atoms with van der Waals surface area (Å²) in [4.78, 5) is 7.97. The molecule has 0 saturated carbocycles. The summed E-state index contributed by atoms with van der Waals surface area (Å²) in [7, 11) is 0. The summed E-state index contributed by atoms with van der Waals surface area (Å²) < 4.78 is 1.77. The Morgan fingerprint density at radius 2 is 2.08 bits per heavy atom. The maximum atomic E-state index is 6.22. The van der Waals surface area contributed by atoms with E-state index < -0.39 is 0 Å². The van der Waals surface area contributed by atoms with Crippen molar-refractivity contribution >= 4 is 34.4 Å². The number of nitrogens with zero attached hydrogens (tertiary/aromatic N) is 5. The van der Waals surface area contributed by atoms with Crippen molar-refractivity contribution in [2.24, 2.45) is 0 Å². The zero-order valence-electron chi connectivity index (χ0n) is 13.7. The third-order valence-corrected chi connectivity index (χ3v) is 5.08. The summed E-state index contributed by atoms with van der Waals surface area (Å²) in [5.74, 6) is 1.36. The molecule has 0 spiro atoms. The number of aromatic nitrogens is 6. The van der Waals surface area contributed by atoms with Crippen LogP contribution >= 0.6 is 23.4 Å². The average molecular weight is 371 g/mol. The van der Waals surface area contributed by atoms with Crippen LogP contribution in [0.25, 0.3) is 16.9 Å². The number of thioether (sulfide) groups is 1. The Morgan fingerprint density at radius 1 is 1.24 bits per heavy atom. The molecule has 0 fully saturated rings. The summed E-state index contributed by atoms with van der Waals surface area (Å²) in [6.45, 7) is 3.94. The van der Waals surface area contributed by atoms with Gasteiger partial charge in [-0.05, 0) is 31.5 Å². The lowest BCUT2D eigenvalue weighted by Gasteiger charge is -2.02. The Hall–Kier alpha value is -2.38. The van der Waals surface area contributed by atoms with E-state index in [1.165, 1.54) is 0 Å². The van der Waals surface area contributed by atoms with Crippen molar-refractivity contribution in [3.63, 3.8) is 0 Å². The van der Waals surface area contributed by atoms with Crippen molar-refractivity contribution in [3.8, 4) is 5.82 Å². The fourth-order valence-corrected chi connectivity index (χ4v) is 3.80. The maximum Gasteiger partial charge on any atom is 0.204 e. The molecule has 6 nitrogen and oxygen atoms in total. The van der Waals surface area contributed by atoms with Crippen molar-refractivity contribution < 1.29 is 0 Å². The van der Waals surface area contributed by atoms with E-state index in [-0.39, 0.29) is 0 Å². The highest BCUT2D eigenvalue weighted by Crippen LogP contribution is 2.27. The number of H-pyrrole nitrogens is 1. The topological polar surface area (TPSA) is 72.3 Å². The highest BCUT2D eigenvalue weighted by atomic mass is 35.5. The third-order valence-electron chi connectivity index (χ3n) is 3.79. The van der Waals surface area contributed by atoms with E-state index in [0.717, 1.165) is 43.9 Å². The van der Waals surface area contributed by atoms with E-state index in [9.17, 15) is 0 Å². The molecule has 0 aliphatic heterocycles. The lowest BCUT2D eigenvalue weighted by Crippen LogP contribution is -2.04. The van der Waals surface area contributed by atoms with Gasteiger partial charge in [0.2, 0.25) is 5.82 Å². The molecule has 0 radical (unpaired) electrons. The van der Waals surface area contributed by atoms with E-state index in [1.54, 1.807) is 22.6 Å². The van der Waals surface area contributed by atoms with Crippen LogP contribution in [0, 0.1) is 13.8 Å².